The topological polar surface area (TPSA) is 0 Å². The molecule has 0 aromatic heterocycles. The van der Waals surface area contributed by atoms with Gasteiger partial charge in [-0.05, 0) is 43.4 Å². The average Bonchev–Trinajstić information content (AvgIpc) is 2.09. The number of unbranched alkanes of at least 4 members (excludes halogenated alkanes) is 2. The number of hydrogen-bond donors (Lipinski definition) is 0. The first kappa shape index (κ1) is 11.1. The van der Waals surface area contributed by atoms with Gasteiger partial charge >= 0.3 is 0 Å². The van der Waals surface area contributed by atoms with Crippen LogP contribution in [0.25, 0.3) is 0 Å². The van der Waals surface area contributed by atoms with E-state index in [1.54, 1.807) is 0 Å². The third-order valence-electron chi connectivity index (χ3n) is 3.57. The molecule has 1 aliphatic carbocycles. The van der Waals surface area contributed by atoms with Crippen molar-refractivity contribution >= 4 is 0 Å². The second-order valence-electron chi connectivity index (χ2n) is 4.97. The molecule has 0 bridgehead atoms. The third-order valence-corrected chi connectivity index (χ3v) is 3.57. The lowest BCUT2D eigenvalue weighted by atomic mass is 9.74. The Bertz CT molecular complexity index is 128. The Labute approximate surface area is 84.1 Å². The van der Waals surface area contributed by atoms with Gasteiger partial charge in [-0.25, -0.2) is 0 Å². The summed E-state index contributed by atoms with van der Waals surface area (Å²) >= 11 is 0. The van der Waals surface area contributed by atoms with Crippen LogP contribution in [0.1, 0.15) is 59.3 Å². The minimum absolute atomic E-state index is 0.969. The summed E-state index contributed by atoms with van der Waals surface area (Å²) in [6.45, 7) is 7.12. The normalized spacial score (nSPS) is 34.8. The lowest BCUT2D eigenvalue weighted by Crippen LogP contribution is -2.21. The molecule has 1 radical (unpaired) electrons. The molecule has 0 amide bonds. The van der Waals surface area contributed by atoms with Gasteiger partial charge in [-0.15, -0.1) is 0 Å². The van der Waals surface area contributed by atoms with Crippen molar-refractivity contribution in [2.24, 2.45) is 17.8 Å². The van der Waals surface area contributed by atoms with E-state index in [1.807, 2.05) is 0 Å². The first-order valence-electron chi connectivity index (χ1n) is 6.05. The van der Waals surface area contributed by atoms with Crippen molar-refractivity contribution in [3.05, 3.63) is 6.42 Å². The lowest BCUT2D eigenvalue weighted by molar-refractivity contribution is 0.201. The molecule has 1 aliphatic rings. The van der Waals surface area contributed by atoms with E-state index in [0.29, 0.717) is 0 Å². The maximum Gasteiger partial charge on any atom is -0.0383 e. The van der Waals surface area contributed by atoms with Crippen LogP contribution in [0.2, 0.25) is 0 Å². The molecule has 3 unspecified atom stereocenters. The van der Waals surface area contributed by atoms with E-state index in [-0.39, 0.29) is 0 Å². The van der Waals surface area contributed by atoms with Crippen LogP contribution in [0.3, 0.4) is 0 Å². The Morgan fingerprint density at radius 1 is 1.23 bits per heavy atom. The predicted molar refractivity (Wildman–Crippen MR) is 59.5 cm³/mol. The second kappa shape index (κ2) is 5.67. The molecule has 1 fully saturated rings. The highest BCUT2D eigenvalue weighted by atomic mass is 14.3. The molecule has 0 aliphatic heterocycles. The van der Waals surface area contributed by atoms with Crippen molar-refractivity contribution < 1.29 is 0 Å². The molecule has 0 saturated heterocycles. The van der Waals surface area contributed by atoms with Gasteiger partial charge in [0.1, 0.15) is 0 Å². The van der Waals surface area contributed by atoms with Crippen molar-refractivity contribution in [3.63, 3.8) is 0 Å². The Balaban J connectivity index is 2.18. The molecular weight excluding hydrogens is 156 g/mol. The standard InChI is InChI=1S/C13H25/c1-4-5-6-7-13-9-8-11(2)10-12(13)3/h6,11-13H,4-5,7-10H2,1-3H3. The van der Waals surface area contributed by atoms with Crippen LogP contribution in [-0.2, 0) is 0 Å². The van der Waals surface area contributed by atoms with E-state index >= 15 is 0 Å². The zero-order chi connectivity index (χ0) is 9.68. The van der Waals surface area contributed by atoms with Gasteiger partial charge in [-0.2, -0.15) is 0 Å². The van der Waals surface area contributed by atoms with E-state index < -0.39 is 0 Å². The van der Waals surface area contributed by atoms with Crippen LogP contribution in [0, 0.1) is 24.2 Å². The Hall–Kier alpha value is 0. The summed E-state index contributed by atoms with van der Waals surface area (Å²) in [5, 5.41) is 0. The maximum atomic E-state index is 2.51. The SMILES string of the molecule is CCC[CH]CC1CCC(C)CC1C. The molecule has 77 valence electrons. The highest BCUT2D eigenvalue weighted by molar-refractivity contribution is 4.80. The van der Waals surface area contributed by atoms with Crippen LogP contribution in [-0.4, -0.2) is 0 Å². The van der Waals surface area contributed by atoms with Crippen LogP contribution >= 0.6 is 0 Å². The van der Waals surface area contributed by atoms with E-state index in [9.17, 15) is 0 Å². The van der Waals surface area contributed by atoms with Gasteiger partial charge in [0.05, 0.1) is 0 Å². The lowest BCUT2D eigenvalue weighted by Gasteiger charge is -2.32. The first-order chi connectivity index (χ1) is 6.24. The Morgan fingerprint density at radius 2 is 2.00 bits per heavy atom. The van der Waals surface area contributed by atoms with E-state index in [4.69, 9.17) is 0 Å². The molecule has 1 saturated carbocycles. The van der Waals surface area contributed by atoms with Gasteiger partial charge < -0.3 is 0 Å². The number of hydrogen-bond acceptors (Lipinski definition) is 0. The van der Waals surface area contributed by atoms with Crippen molar-refractivity contribution in [2.75, 3.05) is 0 Å². The third kappa shape index (κ3) is 3.70. The molecule has 3 atom stereocenters. The Morgan fingerprint density at radius 3 is 2.62 bits per heavy atom. The maximum absolute atomic E-state index is 2.51. The quantitative estimate of drug-likeness (QED) is 0.562. The van der Waals surface area contributed by atoms with Crippen molar-refractivity contribution in [1.29, 1.82) is 0 Å². The van der Waals surface area contributed by atoms with Crippen LogP contribution in [0.15, 0.2) is 0 Å². The molecule has 0 heteroatoms. The largest absolute Gasteiger partial charge is 0.0654 e. The highest BCUT2D eigenvalue weighted by Crippen LogP contribution is 2.35. The monoisotopic (exact) mass is 181 g/mol. The second-order valence-corrected chi connectivity index (χ2v) is 4.97. The van der Waals surface area contributed by atoms with Crippen LogP contribution < -0.4 is 0 Å². The number of rotatable bonds is 4. The summed E-state index contributed by atoms with van der Waals surface area (Å²) in [7, 11) is 0. The first-order valence-corrected chi connectivity index (χ1v) is 6.05. The van der Waals surface area contributed by atoms with Crippen molar-refractivity contribution in [1.82, 2.24) is 0 Å². The zero-order valence-corrected chi connectivity index (χ0v) is 9.55. The summed E-state index contributed by atoms with van der Waals surface area (Å²) in [6, 6.07) is 0. The molecular formula is C13H25. The minimum atomic E-state index is 0.969. The average molecular weight is 181 g/mol. The summed E-state index contributed by atoms with van der Waals surface area (Å²) in [5.41, 5.74) is 0. The zero-order valence-electron chi connectivity index (χ0n) is 9.55. The molecule has 0 nitrogen and oxygen atoms in total. The van der Waals surface area contributed by atoms with E-state index in [0.717, 1.165) is 17.8 Å². The smallest absolute Gasteiger partial charge is 0.0383 e. The summed E-state index contributed by atoms with van der Waals surface area (Å²) in [6.07, 6.45) is 10.9. The summed E-state index contributed by atoms with van der Waals surface area (Å²) < 4.78 is 0. The molecule has 0 aromatic carbocycles. The molecule has 0 heterocycles. The van der Waals surface area contributed by atoms with Crippen LogP contribution in [0.4, 0.5) is 0 Å². The van der Waals surface area contributed by atoms with E-state index in [1.165, 1.54) is 38.5 Å². The minimum Gasteiger partial charge on any atom is -0.0654 e. The fraction of sp³-hybridized carbons (Fsp3) is 0.923. The van der Waals surface area contributed by atoms with Gasteiger partial charge in [-0.1, -0.05) is 40.0 Å². The highest BCUT2D eigenvalue weighted by Gasteiger charge is 2.24. The fourth-order valence-electron chi connectivity index (χ4n) is 2.61. The van der Waals surface area contributed by atoms with Gasteiger partial charge in [0.2, 0.25) is 0 Å². The van der Waals surface area contributed by atoms with Gasteiger partial charge in [0.15, 0.2) is 0 Å². The Kier molecular flexibility index (Phi) is 4.83. The van der Waals surface area contributed by atoms with Gasteiger partial charge in [0, 0.05) is 0 Å². The van der Waals surface area contributed by atoms with Crippen molar-refractivity contribution in [3.8, 4) is 0 Å². The molecule has 1 rings (SSSR count). The molecule has 13 heavy (non-hydrogen) atoms. The molecule has 0 N–H and O–H groups in total. The summed E-state index contributed by atoms with van der Waals surface area (Å²) in [5.74, 6) is 2.96. The molecule has 0 spiro atoms. The van der Waals surface area contributed by atoms with E-state index in [2.05, 4.69) is 27.2 Å². The van der Waals surface area contributed by atoms with Gasteiger partial charge in [-0.3, -0.25) is 0 Å². The van der Waals surface area contributed by atoms with Crippen LogP contribution in [0.5, 0.6) is 0 Å². The van der Waals surface area contributed by atoms with Gasteiger partial charge in [0.25, 0.3) is 0 Å². The predicted octanol–water partition coefficient (Wildman–Crippen LogP) is 4.45. The molecule has 0 aromatic rings. The van der Waals surface area contributed by atoms with Crippen molar-refractivity contribution in [2.45, 2.75) is 59.3 Å². The fourth-order valence-corrected chi connectivity index (χ4v) is 2.61. The summed E-state index contributed by atoms with van der Waals surface area (Å²) in [4.78, 5) is 0.